The third kappa shape index (κ3) is 4.13. The zero-order chi connectivity index (χ0) is 17.1. The number of methoxy groups -OCH3 is 2. The SMILES string of the molecule is COc1cc(C)c([C@H](C)NC(=O)[C@H](C)S(C)(=O)=O)cc1OC. The van der Waals surface area contributed by atoms with E-state index in [0.717, 1.165) is 17.4 Å². The highest BCUT2D eigenvalue weighted by Crippen LogP contribution is 2.32. The summed E-state index contributed by atoms with van der Waals surface area (Å²) >= 11 is 0. The second-order valence-corrected chi connectivity index (χ2v) is 7.63. The number of ether oxygens (including phenoxy) is 2. The molecule has 7 heteroatoms. The van der Waals surface area contributed by atoms with Crippen molar-refractivity contribution < 1.29 is 22.7 Å². The molecule has 0 unspecified atom stereocenters. The molecule has 124 valence electrons. The van der Waals surface area contributed by atoms with Crippen molar-refractivity contribution in [1.82, 2.24) is 5.32 Å². The second kappa shape index (κ2) is 7.00. The van der Waals surface area contributed by atoms with Gasteiger partial charge in [-0.2, -0.15) is 0 Å². The molecule has 6 nitrogen and oxygen atoms in total. The molecule has 2 atom stereocenters. The standard InChI is InChI=1S/C15H23NO5S/c1-9-7-13(20-4)14(21-5)8-12(9)10(2)16-15(17)11(3)22(6,18)19/h7-8,10-11H,1-6H3,(H,16,17)/t10-,11-/m0/s1. The quantitative estimate of drug-likeness (QED) is 0.858. The van der Waals surface area contributed by atoms with Gasteiger partial charge in [-0.3, -0.25) is 4.79 Å². The zero-order valence-corrected chi connectivity index (χ0v) is 14.6. The number of nitrogens with one attached hydrogen (secondary N) is 1. The minimum atomic E-state index is -3.42. The van der Waals surface area contributed by atoms with Gasteiger partial charge in [-0.15, -0.1) is 0 Å². The summed E-state index contributed by atoms with van der Waals surface area (Å²) in [7, 11) is -0.335. The summed E-state index contributed by atoms with van der Waals surface area (Å²) in [6, 6.07) is 3.25. The molecule has 22 heavy (non-hydrogen) atoms. The van der Waals surface area contributed by atoms with Crippen LogP contribution in [0.2, 0.25) is 0 Å². The van der Waals surface area contributed by atoms with Crippen LogP contribution < -0.4 is 14.8 Å². The van der Waals surface area contributed by atoms with E-state index in [1.54, 1.807) is 20.1 Å². The Morgan fingerprint density at radius 1 is 1.14 bits per heavy atom. The van der Waals surface area contributed by atoms with Crippen molar-refractivity contribution in [3.05, 3.63) is 23.3 Å². The predicted octanol–water partition coefficient (Wildman–Crippen LogP) is 1.62. The second-order valence-electron chi connectivity index (χ2n) is 5.27. The fourth-order valence-corrected chi connectivity index (χ4v) is 2.52. The summed E-state index contributed by atoms with van der Waals surface area (Å²) in [6.45, 7) is 5.06. The molecule has 0 bridgehead atoms. The third-order valence-electron chi connectivity index (χ3n) is 3.61. The van der Waals surface area contributed by atoms with Gasteiger partial charge in [0.1, 0.15) is 5.25 Å². The van der Waals surface area contributed by atoms with E-state index in [9.17, 15) is 13.2 Å². The molecule has 0 spiro atoms. The van der Waals surface area contributed by atoms with Crippen molar-refractivity contribution in [3.63, 3.8) is 0 Å². The number of amides is 1. The van der Waals surface area contributed by atoms with E-state index >= 15 is 0 Å². The Bertz CT molecular complexity index is 654. The van der Waals surface area contributed by atoms with Crippen molar-refractivity contribution in [1.29, 1.82) is 0 Å². The van der Waals surface area contributed by atoms with Crippen LogP contribution >= 0.6 is 0 Å². The molecule has 1 amide bonds. The molecule has 0 fully saturated rings. The number of sulfone groups is 1. The molecule has 0 aliphatic rings. The maximum Gasteiger partial charge on any atom is 0.238 e. The fourth-order valence-electron chi connectivity index (χ4n) is 2.07. The average molecular weight is 329 g/mol. The van der Waals surface area contributed by atoms with Crippen LogP contribution in [0, 0.1) is 6.92 Å². The minimum absolute atomic E-state index is 0.350. The number of carbonyl (C=O) groups excluding carboxylic acids is 1. The van der Waals surface area contributed by atoms with Crippen LogP contribution in [-0.2, 0) is 14.6 Å². The minimum Gasteiger partial charge on any atom is -0.493 e. The van der Waals surface area contributed by atoms with Gasteiger partial charge in [-0.05, 0) is 44.0 Å². The number of aryl methyl sites for hydroxylation is 1. The highest BCUT2D eigenvalue weighted by Gasteiger charge is 2.25. The number of hydrogen-bond acceptors (Lipinski definition) is 5. The van der Waals surface area contributed by atoms with Gasteiger partial charge in [-0.1, -0.05) is 0 Å². The number of rotatable bonds is 6. The predicted molar refractivity (Wildman–Crippen MR) is 85.1 cm³/mol. The summed E-state index contributed by atoms with van der Waals surface area (Å²) in [6.07, 6.45) is 1.05. The van der Waals surface area contributed by atoms with E-state index in [0.29, 0.717) is 11.5 Å². The molecular formula is C15H23NO5S. The van der Waals surface area contributed by atoms with Crippen LogP contribution in [0.4, 0.5) is 0 Å². The Kier molecular flexibility index (Phi) is 5.82. The van der Waals surface area contributed by atoms with Gasteiger partial charge in [0.15, 0.2) is 21.3 Å². The molecule has 0 radical (unpaired) electrons. The van der Waals surface area contributed by atoms with Crippen LogP contribution in [0.25, 0.3) is 0 Å². The van der Waals surface area contributed by atoms with Gasteiger partial charge in [0.2, 0.25) is 5.91 Å². The number of benzene rings is 1. The molecule has 0 heterocycles. The summed E-state index contributed by atoms with van der Waals surface area (Å²) in [4.78, 5) is 12.0. The van der Waals surface area contributed by atoms with Gasteiger partial charge < -0.3 is 14.8 Å². The van der Waals surface area contributed by atoms with Crippen LogP contribution in [0.5, 0.6) is 11.5 Å². The van der Waals surface area contributed by atoms with Crippen LogP contribution in [0.3, 0.4) is 0 Å². The first-order chi connectivity index (χ1) is 10.1. The van der Waals surface area contributed by atoms with Crippen LogP contribution in [0.15, 0.2) is 12.1 Å². The monoisotopic (exact) mass is 329 g/mol. The van der Waals surface area contributed by atoms with Gasteiger partial charge in [0.05, 0.1) is 20.3 Å². The molecule has 1 N–H and O–H groups in total. The highest BCUT2D eigenvalue weighted by molar-refractivity contribution is 7.92. The van der Waals surface area contributed by atoms with Gasteiger partial charge in [0.25, 0.3) is 0 Å². The average Bonchev–Trinajstić information content (AvgIpc) is 2.44. The van der Waals surface area contributed by atoms with E-state index in [2.05, 4.69) is 5.32 Å². The highest BCUT2D eigenvalue weighted by atomic mass is 32.2. The first kappa shape index (κ1) is 18.3. The largest absolute Gasteiger partial charge is 0.493 e. The molecule has 0 aliphatic carbocycles. The summed E-state index contributed by atoms with van der Waals surface area (Å²) in [5.74, 6) is 0.635. The molecule has 0 saturated carbocycles. The molecule has 0 saturated heterocycles. The summed E-state index contributed by atoms with van der Waals surface area (Å²) in [5.41, 5.74) is 1.75. The zero-order valence-electron chi connectivity index (χ0n) is 13.8. The van der Waals surface area contributed by atoms with Crippen molar-refractivity contribution in [2.45, 2.75) is 32.1 Å². The van der Waals surface area contributed by atoms with Crippen LogP contribution in [0.1, 0.15) is 31.0 Å². The van der Waals surface area contributed by atoms with Gasteiger partial charge in [0, 0.05) is 6.26 Å². The Labute approximate surface area is 131 Å². The first-order valence-corrected chi connectivity index (χ1v) is 8.79. The number of carbonyl (C=O) groups is 1. The molecule has 1 rings (SSSR count). The van der Waals surface area contributed by atoms with Gasteiger partial charge in [-0.25, -0.2) is 8.42 Å². The lowest BCUT2D eigenvalue weighted by atomic mass is 10.0. The lowest BCUT2D eigenvalue weighted by molar-refractivity contribution is -0.121. The lowest BCUT2D eigenvalue weighted by Gasteiger charge is -2.20. The third-order valence-corrected chi connectivity index (χ3v) is 5.11. The van der Waals surface area contributed by atoms with E-state index in [1.165, 1.54) is 14.0 Å². The molecule has 0 aromatic heterocycles. The fraction of sp³-hybridized carbons (Fsp3) is 0.533. The van der Waals surface area contributed by atoms with E-state index < -0.39 is 21.0 Å². The van der Waals surface area contributed by atoms with Gasteiger partial charge >= 0.3 is 0 Å². The normalized spacial score (nSPS) is 14.1. The summed E-state index contributed by atoms with van der Waals surface area (Å²) < 4.78 is 33.4. The lowest BCUT2D eigenvalue weighted by Crippen LogP contribution is -2.38. The maximum atomic E-state index is 12.0. The Morgan fingerprint density at radius 2 is 1.64 bits per heavy atom. The van der Waals surface area contributed by atoms with Crippen molar-refractivity contribution >= 4 is 15.7 Å². The Morgan fingerprint density at radius 3 is 2.09 bits per heavy atom. The molecule has 1 aromatic carbocycles. The molecule has 1 aromatic rings. The Hall–Kier alpha value is -1.76. The number of hydrogen-bond donors (Lipinski definition) is 1. The topological polar surface area (TPSA) is 81.7 Å². The van der Waals surface area contributed by atoms with E-state index in [4.69, 9.17) is 9.47 Å². The van der Waals surface area contributed by atoms with Crippen molar-refractivity contribution in [2.24, 2.45) is 0 Å². The summed E-state index contributed by atoms with van der Waals surface area (Å²) in [5, 5.41) is 1.63. The molecule has 0 aliphatic heterocycles. The van der Waals surface area contributed by atoms with E-state index in [-0.39, 0.29) is 6.04 Å². The first-order valence-electron chi connectivity index (χ1n) is 6.83. The van der Waals surface area contributed by atoms with Crippen LogP contribution in [-0.4, -0.2) is 40.1 Å². The van der Waals surface area contributed by atoms with Crippen molar-refractivity contribution in [2.75, 3.05) is 20.5 Å². The van der Waals surface area contributed by atoms with Crippen molar-refractivity contribution in [3.8, 4) is 11.5 Å². The Balaban J connectivity index is 3.04. The maximum absolute atomic E-state index is 12.0. The van der Waals surface area contributed by atoms with E-state index in [1.807, 2.05) is 13.0 Å². The smallest absolute Gasteiger partial charge is 0.238 e. The molecular weight excluding hydrogens is 306 g/mol.